The smallest absolute Gasteiger partial charge is 0.410 e. The summed E-state index contributed by atoms with van der Waals surface area (Å²) in [6, 6.07) is 11.4. The Labute approximate surface area is 188 Å². The first kappa shape index (κ1) is 23.6. The predicted molar refractivity (Wildman–Crippen MR) is 122 cm³/mol. The molecule has 0 radical (unpaired) electrons. The zero-order chi connectivity index (χ0) is 22.8. The van der Waals surface area contributed by atoms with Crippen molar-refractivity contribution in [3.05, 3.63) is 54.1 Å². The number of rotatable bonds is 4. The molecule has 31 heavy (non-hydrogen) atoms. The number of nitrogens with zero attached hydrogens (tertiary/aromatic N) is 1. The second-order valence-electron chi connectivity index (χ2n) is 9.60. The summed E-state index contributed by atoms with van der Waals surface area (Å²) in [6.45, 7) is 11.5. The molecule has 1 aliphatic heterocycles. The maximum Gasteiger partial charge on any atom is 0.410 e. The van der Waals surface area contributed by atoms with E-state index in [-0.39, 0.29) is 10.8 Å². The van der Waals surface area contributed by atoms with Gasteiger partial charge < -0.3 is 9.64 Å². The molecule has 1 fully saturated rings. The normalized spacial score (nSPS) is 15.8. The topological polar surface area (TPSA) is 29.5 Å². The molecule has 3 rings (SSSR count). The van der Waals surface area contributed by atoms with Gasteiger partial charge in [0.15, 0.2) is 0 Å². The Morgan fingerprint density at radius 3 is 2.16 bits per heavy atom. The largest absolute Gasteiger partial charge is 0.444 e. The molecule has 0 atom stereocenters. The second kappa shape index (κ2) is 9.19. The minimum atomic E-state index is -0.576. The van der Waals surface area contributed by atoms with Crippen LogP contribution in [0, 0.1) is 17.6 Å². The number of halogens is 2. The van der Waals surface area contributed by atoms with E-state index >= 15 is 0 Å². The Balaban J connectivity index is 1.60. The molecule has 0 spiro atoms. The minimum Gasteiger partial charge on any atom is -0.444 e. The highest BCUT2D eigenvalue weighted by atomic mass is 32.2. The van der Waals surface area contributed by atoms with E-state index in [0.717, 1.165) is 29.4 Å². The van der Waals surface area contributed by atoms with Crippen molar-refractivity contribution in [2.45, 2.75) is 62.7 Å². The van der Waals surface area contributed by atoms with Gasteiger partial charge in [-0.3, -0.25) is 0 Å². The van der Waals surface area contributed by atoms with Gasteiger partial charge in [0.1, 0.15) is 17.2 Å². The van der Waals surface area contributed by atoms with Crippen LogP contribution in [-0.4, -0.2) is 34.4 Å². The maximum absolute atomic E-state index is 14.0. The van der Waals surface area contributed by atoms with Gasteiger partial charge in [-0.2, -0.15) is 0 Å². The second-order valence-corrected chi connectivity index (χ2v) is 11.3. The van der Waals surface area contributed by atoms with Crippen molar-refractivity contribution in [3.63, 3.8) is 0 Å². The zero-order valence-electron chi connectivity index (χ0n) is 18.9. The SMILES string of the molecule is CC(C)(C)OC(=O)N1CCC(C(C)(C)Sc2ccc(-c3ccc(F)cc3F)cc2)CC1. The summed E-state index contributed by atoms with van der Waals surface area (Å²) in [7, 11) is 0. The van der Waals surface area contributed by atoms with Crippen molar-refractivity contribution >= 4 is 17.9 Å². The first-order valence-electron chi connectivity index (χ1n) is 10.7. The van der Waals surface area contributed by atoms with Crippen LogP contribution in [0.1, 0.15) is 47.5 Å². The lowest BCUT2D eigenvalue weighted by atomic mass is 9.86. The van der Waals surface area contributed by atoms with Gasteiger partial charge in [-0.05, 0) is 69.4 Å². The average molecular weight is 448 g/mol. The number of hydrogen-bond donors (Lipinski definition) is 0. The molecule has 3 nitrogen and oxygen atoms in total. The van der Waals surface area contributed by atoms with Crippen LogP contribution < -0.4 is 0 Å². The quantitative estimate of drug-likeness (QED) is 0.466. The van der Waals surface area contributed by atoms with Gasteiger partial charge in [-0.25, -0.2) is 13.6 Å². The molecule has 6 heteroatoms. The summed E-state index contributed by atoms with van der Waals surface area (Å²) in [4.78, 5) is 15.2. The van der Waals surface area contributed by atoms with E-state index in [1.165, 1.54) is 12.1 Å². The Morgan fingerprint density at radius 1 is 1.00 bits per heavy atom. The first-order chi connectivity index (χ1) is 14.4. The van der Waals surface area contributed by atoms with Crippen molar-refractivity contribution in [2.75, 3.05) is 13.1 Å². The summed E-state index contributed by atoms with van der Waals surface area (Å²) in [5.41, 5.74) is 0.642. The third-order valence-electron chi connectivity index (χ3n) is 5.61. The van der Waals surface area contributed by atoms with Crippen LogP contribution in [0.4, 0.5) is 13.6 Å². The lowest BCUT2D eigenvalue weighted by Gasteiger charge is -2.40. The average Bonchev–Trinajstić information content (AvgIpc) is 2.67. The van der Waals surface area contributed by atoms with E-state index < -0.39 is 17.2 Å². The van der Waals surface area contributed by atoms with Gasteiger partial charge in [-0.1, -0.05) is 26.0 Å². The molecule has 0 bridgehead atoms. The van der Waals surface area contributed by atoms with E-state index in [2.05, 4.69) is 13.8 Å². The highest BCUT2D eigenvalue weighted by Gasteiger charge is 2.35. The molecule has 2 aromatic rings. The summed E-state index contributed by atoms with van der Waals surface area (Å²) in [5.74, 6) is -0.671. The Kier molecular flexibility index (Phi) is 6.99. The molecule has 2 aromatic carbocycles. The molecular weight excluding hydrogens is 416 g/mol. The van der Waals surface area contributed by atoms with Crippen LogP contribution >= 0.6 is 11.8 Å². The molecule has 0 aliphatic carbocycles. The molecule has 1 aliphatic rings. The van der Waals surface area contributed by atoms with Gasteiger partial charge in [0, 0.05) is 34.4 Å². The van der Waals surface area contributed by atoms with Crippen molar-refractivity contribution < 1.29 is 18.3 Å². The van der Waals surface area contributed by atoms with E-state index in [1.807, 2.05) is 45.0 Å². The van der Waals surface area contributed by atoms with Gasteiger partial charge in [0.2, 0.25) is 0 Å². The van der Waals surface area contributed by atoms with Crippen molar-refractivity contribution in [3.8, 4) is 11.1 Å². The zero-order valence-corrected chi connectivity index (χ0v) is 19.7. The number of carbonyl (C=O) groups is 1. The Bertz CT molecular complexity index is 914. The van der Waals surface area contributed by atoms with E-state index in [9.17, 15) is 13.6 Å². The molecule has 0 aromatic heterocycles. The molecule has 1 heterocycles. The number of thioether (sulfide) groups is 1. The van der Waals surface area contributed by atoms with Crippen LogP contribution in [0.15, 0.2) is 47.4 Å². The van der Waals surface area contributed by atoms with Gasteiger partial charge in [0.25, 0.3) is 0 Å². The molecule has 1 saturated heterocycles. The molecular formula is C25H31F2NO2S. The van der Waals surface area contributed by atoms with Crippen molar-refractivity contribution in [2.24, 2.45) is 5.92 Å². The molecule has 0 N–H and O–H groups in total. The standard InChI is InChI=1S/C25H31F2NO2S/c1-24(2,3)30-23(29)28-14-12-18(13-15-28)25(4,5)31-20-9-6-17(7-10-20)21-11-8-19(26)16-22(21)27/h6-11,16,18H,12-15H2,1-5H3. The van der Waals surface area contributed by atoms with E-state index in [1.54, 1.807) is 16.7 Å². The number of ether oxygens (including phenoxy) is 1. The third kappa shape index (κ3) is 6.22. The summed E-state index contributed by atoms with van der Waals surface area (Å²) < 4.78 is 32.7. The number of piperidine rings is 1. The first-order valence-corrected chi connectivity index (χ1v) is 11.5. The molecule has 1 amide bonds. The van der Waals surface area contributed by atoms with Crippen LogP contribution in [0.5, 0.6) is 0 Å². The lowest BCUT2D eigenvalue weighted by molar-refractivity contribution is 0.0173. The number of likely N-dealkylation sites (tertiary alicyclic amines) is 1. The highest BCUT2D eigenvalue weighted by molar-refractivity contribution is 8.00. The summed E-state index contributed by atoms with van der Waals surface area (Å²) in [6.07, 6.45) is 1.62. The van der Waals surface area contributed by atoms with Crippen molar-refractivity contribution in [1.29, 1.82) is 0 Å². The van der Waals surface area contributed by atoms with E-state index in [4.69, 9.17) is 4.74 Å². The number of carbonyl (C=O) groups excluding carboxylic acids is 1. The van der Waals surface area contributed by atoms with Crippen LogP contribution in [-0.2, 0) is 4.74 Å². The number of hydrogen-bond acceptors (Lipinski definition) is 3. The third-order valence-corrected chi connectivity index (χ3v) is 6.97. The minimum absolute atomic E-state index is 0.0112. The fourth-order valence-electron chi connectivity index (χ4n) is 3.90. The van der Waals surface area contributed by atoms with Gasteiger partial charge in [0.05, 0.1) is 0 Å². The van der Waals surface area contributed by atoms with Crippen molar-refractivity contribution in [1.82, 2.24) is 4.90 Å². The Hall–Kier alpha value is -2.08. The van der Waals surface area contributed by atoms with Crippen LogP contribution in [0.25, 0.3) is 11.1 Å². The summed E-state index contributed by atoms with van der Waals surface area (Å²) >= 11 is 1.79. The predicted octanol–water partition coefficient (Wildman–Crippen LogP) is 7.15. The Morgan fingerprint density at radius 2 is 1.61 bits per heavy atom. The molecule has 168 valence electrons. The summed E-state index contributed by atoms with van der Waals surface area (Å²) in [5, 5.41) is 0. The van der Waals surface area contributed by atoms with Crippen LogP contribution in [0.3, 0.4) is 0 Å². The lowest BCUT2D eigenvalue weighted by Crippen LogP contribution is -2.45. The van der Waals surface area contributed by atoms with Gasteiger partial charge in [-0.15, -0.1) is 11.8 Å². The fourth-order valence-corrected chi connectivity index (χ4v) is 5.18. The number of amides is 1. The highest BCUT2D eigenvalue weighted by Crippen LogP contribution is 2.43. The van der Waals surface area contributed by atoms with Crippen LogP contribution in [0.2, 0.25) is 0 Å². The number of benzene rings is 2. The maximum atomic E-state index is 14.0. The monoisotopic (exact) mass is 447 g/mol. The molecule has 0 saturated carbocycles. The fraction of sp³-hybridized carbons (Fsp3) is 0.480. The molecule has 0 unspecified atom stereocenters. The van der Waals surface area contributed by atoms with E-state index in [0.29, 0.717) is 24.6 Å². The van der Waals surface area contributed by atoms with Gasteiger partial charge >= 0.3 is 6.09 Å².